The van der Waals surface area contributed by atoms with Crippen molar-refractivity contribution in [3.05, 3.63) is 17.5 Å². The van der Waals surface area contributed by atoms with Crippen LogP contribution in [0.3, 0.4) is 0 Å². The molecule has 1 N–H and O–H groups in total. The van der Waals surface area contributed by atoms with Gasteiger partial charge in [0.25, 0.3) is 0 Å². The summed E-state index contributed by atoms with van der Waals surface area (Å²) in [5.74, 6) is 0. The highest BCUT2D eigenvalue weighted by atomic mass is 15.3. The average molecular weight is 207 g/mol. The Morgan fingerprint density at radius 3 is 2.73 bits per heavy atom. The number of rotatable bonds is 1. The maximum Gasteiger partial charge on any atom is 0.0725 e. The summed E-state index contributed by atoms with van der Waals surface area (Å²) in [6, 6.07) is 0.521. The van der Waals surface area contributed by atoms with Crippen molar-refractivity contribution in [2.75, 3.05) is 6.54 Å². The molecular formula is C12H21N3. The Morgan fingerprint density at radius 2 is 2.20 bits per heavy atom. The molecule has 0 aliphatic carbocycles. The molecule has 84 valence electrons. The second kappa shape index (κ2) is 3.63. The second-order valence-corrected chi connectivity index (χ2v) is 5.51. The highest BCUT2D eigenvalue weighted by Crippen LogP contribution is 2.31. The van der Waals surface area contributed by atoms with Gasteiger partial charge in [0.2, 0.25) is 0 Å². The number of aromatic nitrogens is 2. The lowest BCUT2D eigenvalue weighted by molar-refractivity contribution is 0.534. The lowest BCUT2D eigenvalue weighted by atomic mass is 9.87. The predicted octanol–water partition coefficient (Wildman–Crippen LogP) is 2.14. The van der Waals surface area contributed by atoms with E-state index in [4.69, 9.17) is 0 Å². The van der Waals surface area contributed by atoms with Crippen LogP contribution < -0.4 is 5.32 Å². The van der Waals surface area contributed by atoms with Crippen LogP contribution in [-0.4, -0.2) is 16.3 Å². The monoisotopic (exact) mass is 207 g/mol. The molecule has 1 aromatic rings. The molecule has 1 saturated heterocycles. The molecule has 0 saturated carbocycles. The molecule has 2 heterocycles. The summed E-state index contributed by atoms with van der Waals surface area (Å²) in [6.45, 7) is 7.83. The Hall–Kier alpha value is -0.830. The molecule has 0 radical (unpaired) electrons. The lowest BCUT2D eigenvalue weighted by Gasteiger charge is -2.20. The Bertz CT molecular complexity index is 340. The second-order valence-electron chi connectivity index (χ2n) is 5.51. The van der Waals surface area contributed by atoms with Gasteiger partial charge in [-0.2, -0.15) is 5.10 Å². The summed E-state index contributed by atoms with van der Waals surface area (Å²) in [5.41, 5.74) is 2.77. The fourth-order valence-electron chi connectivity index (χ4n) is 2.29. The zero-order chi connectivity index (χ0) is 11.1. The number of hydrogen-bond acceptors (Lipinski definition) is 2. The zero-order valence-corrected chi connectivity index (χ0v) is 10.2. The lowest BCUT2D eigenvalue weighted by Crippen LogP contribution is -2.20. The van der Waals surface area contributed by atoms with Gasteiger partial charge in [-0.15, -0.1) is 0 Å². The van der Waals surface area contributed by atoms with Gasteiger partial charge in [-0.1, -0.05) is 20.8 Å². The van der Waals surface area contributed by atoms with E-state index in [0.717, 1.165) is 6.54 Å². The summed E-state index contributed by atoms with van der Waals surface area (Å²) >= 11 is 0. The predicted molar refractivity (Wildman–Crippen MR) is 61.9 cm³/mol. The van der Waals surface area contributed by atoms with Crippen molar-refractivity contribution < 1.29 is 0 Å². The Balaban J connectivity index is 2.37. The first-order valence-corrected chi connectivity index (χ1v) is 5.76. The van der Waals surface area contributed by atoms with Crippen LogP contribution in [0.2, 0.25) is 0 Å². The molecule has 3 heteroatoms. The van der Waals surface area contributed by atoms with Crippen LogP contribution in [-0.2, 0) is 12.5 Å². The van der Waals surface area contributed by atoms with E-state index in [-0.39, 0.29) is 5.41 Å². The van der Waals surface area contributed by atoms with Gasteiger partial charge in [0.1, 0.15) is 0 Å². The molecule has 15 heavy (non-hydrogen) atoms. The molecule has 0 spiro atoms. The molecule has 1 unspecified atom stereocenters. The van der Waals surface area contributed by atoms with Crippen LogP contribution in [0.4, 0.5) is 0 Å². The maximum atomic E-state index is 4.60. The van der Waals surface area contributed by atoms with Crippen molar-refractivity contribution in [2.45, 2.75) is 45.1 Å². The highest BCUT2D eigenvalue weighted by Gasteiger charge is 2.27. The van der Waals surface area contributed by atoms with Crippen LogP contribution in [0.15, 0.2) is 6.20 Å². The van der Waals surface area contributed by atoms with Crippen molar-refractivity contribution in [1.82, 2.24) is 15.1 Å². The van der Waals surface area contributed by atoms with Crippen molar-refractivity contribution >= 4 is 0 Å². The normalized spacial score (nSPS) is 22.3. The van der Waals surface area contributed by atoms with Crippen LogP contribution >= 0.6 is 0 Å². The first-order chi connectivity index (χ1) is 6.98. The van der Waals surface area contributed by atoms with Crippen molar-refractivity contribution in [3.8, 4) is 0 Å². The van der Waals surface area contributed by atoms with E-state index < -0.39 is 0 Å². The maximum absolute atomic E-state index is 4.60. The number of aryl methyl sites for hydroxylation is 1. The van der Waals surface area contributed by atoms with E-state index in [0.29, 0.717) is 6.04 Å². The van der Waals surface area contributed by atoms with Gasteiger partial charge in [0.15, 0.2) is 0 Å². The van der Waals surface area contributed by atoms with E-state index in [9.17, 15) is 0 Å². The molecule has 2 rings (SSSR count). The number of nitrogens with one attached hydrogen (secondary N) is 1. The molecule has 0 aromatic carbocycles. The largest absolute Gasteiger partial charge is 0.310 e. The van der Waals surface area contributed by atoms with Gasteiger partial charge in [0.05, 0.1) is 5.69 Å². The molecule has 1 atom stereocenters. The van der Waals surface area contributed by atoms with Gasteiger partial charge in [-0.25, -0.2) is 0 Å². The molecule has 1 aliphatic rings. The van der Waals surface area contributed by atoms with E-state index in [1.807, 2.05) is 11.7 Å². The molecular weight excluding hydrogens is 186 g/mol. The van der Waals surface area contributed by atoms with Crippen LogP contribution in [0, 0.1) is 0 Å². The third kappa shape index (κ3) is 2.07. The fourth-order valence-corrected chi connectivity index (χ4v) is 2.29. The number of nitrogens with zero attached hydrogens (tertiary/aromatic N) is 2. The summed E-state index contributed by atoms with van der Waals surface area (Å²) in [4.78, 5) is 0. The summed E-state index contributed by atoms with van der Waals surface area (Å²) in [6.07, 6.45) is 4.70. The third-order valence-corrected chi connectivity index (χ3v) is 3.00. The smallest absolute Gasteiger partial charge is 0.0725 e. The zero-order valence-electron chi connectivity index (χ0n) is 10.2. The molecule has 1 fully saturated rings. The van der Waals surface area contributed by atoms with Crippen LogP contribution in [0.5, 0.6) is 0 Å². The topological polar surface area (TPSA) is 29.9 Å². The quantitative estimate of drug-likeness (QED) is 0.764. The Morgan fingerprint density at radius 1 is 1.47 bits per heavy atom. The van der Waals surface area contributed by atoms with E-state index in [1.165, 1.54) is 24.1 Å². The minimum atomic E-state index is 0.140. The highest BCUT2D eigenvalue weighted by molar-refractivity contribution is 5.28. The van der Waals surface area contributed by atoms with Crippen LogP contribution in [0.1, 0.15) is 50.9 Å². The molecule has 0 amide bonds. The summed E-state index contributed by atoms with van der Waals surface area (Å²) in [7, 11) is 2.01. The van der Waals surface area contributed by atoms with Crippen molar-refractivity contribution in [1.29, 1.82) is 0 Å². The van der Waals surface area contributed by atoms with Gasteiger partial charge < -0.3 is 5.32 Å². The SMILES string of the molecule is Cn1cc(C2CCCN2)c(C(C)(C)C)n1. The number of hydrogen-bond donors (Lipinski definition) is 1. The average Bonchev–Trinajstić information content (AvgIpc) is 2.68. The standard InChI is InChI=1S/C12H21N3/c1-12(2,3)11-9(8-15(4)14-11)10-6-5-7-13-10/h8,10,13H,5-7H2,1-4H3. The van der Waals surface area contributed by atoms with Crippen molar-refractivity contribution in [3.63, 3.8) is 0 Å². The van der Waals surface area contributed by atoms with E-state index in [2.05, 4.69) is 37.4 Å². The Labute approximate surface area is 91.9 Å². The summed E-state index contributed by atoms with van der Waals surface area (Å²) in [5, 5.41) is 8.15. The van der Waals surface area contributed by atoms with Gasteiger partial charge in [-0.3, -0.25) is 4.68 Å². The van der Waals surface area contributed by atoms with E-state index >= 15 is 0 Å². The van der Waals surface area contributed by atoms with Gasteiger partial charge in [-0.05, 0) is 19.4 Å². The molecule has 1 aliphatic heterocycles. The van der Waals surface area contributed by atoms with Gasteiger partial charge >= 0.3 is 0 Å². The van der Waals surface area contributed by atoms with Crippen LogP contribution in [0.25, 0.3) is 0 Å². The first-order valence-electron chi connectivity index (χ1n) is 5.76. The first kappa shape index (κ1) is 10.7. The fraction of sp³-hybridized carbons (Fsp3) is 0.750. The minimum Gasteiger partial charge on any atom is -0.310 e. The van der Waals surface area contributed by atoms with Gasteiger partial charge in [0, 0.05) is 30.3 Å². The summed E-state index contributed by atoms with van der Waals surface area (Å²) < 4.78 is 1.94. The molecule has 0 bridgehead atoms. The Kier molecular flexibility index (Phi) is 2.59. The van der Waals surface area contributed by atoms with Crippen molar-refractivity contribution in [2.24, 2.45) is 7.05 Å². The van der Waals surface area contributed by atoms with E-state index in [1.54, 1.807) is 0 Å². The molecule has 1 aromatic heterocycles. The minimum absolute atomic E-state index is 0.140. The molecule has 3 nitrogen and oxygen atoms in total. The third-order valence-electron chi connectivity index (χ3n) is 3.00.